The molecule has 2 aromatic rings. The third-order valence-corrected chi connectivity index (χ3v) is 2.64. The monoisotopic (exact) mass is 289 g/mol. The van der Waals surface area contributed by atoms with E-state index in [0.717, 1.165) is 11.6 Å². The van der Waals surface area contributed by atoms with Gasteiger partial charge in [0, 0.05) is 31.1 Å². The molecule has 0 saturated heterocycles. The van der Waals surface area contributed by atoms with Gasteiger partial charge in [-0.25, -0.2) is 0 Å². The SMILES string of the molecule is Cn1ccc(/C=N\Nc2ccc([N+](=O)[O-])cc2[N+](=O)[O-])c1. The first-order valence-electron chi connectivity index (χ1n) is 5.81. The van der Waals surface area contributed by atoms with Gasteiger partial charge in [0.1, 0.15) is 5.69 Å². The van der Waals surface area contributed by atoms with Crippen molar-refractivity contribution in [1.82, 2.24) is 4.57 Å². The Morgan fingerprint density at radius 1 is 1.24 bits per heavy atom. The van der Waals surface area contributed by atoms with Crippen molar-refractivity contribution >= 4 is 23.3 Å². The topological polar surface area (TPSA) is 116 Å². The average molecular weight is 289 g/mol. The Balaban J connectivity index is 2.21. The van der Waals surface area contributed by atoms with Crippen LogP contribution < -0.4 is 5.43 Å². The second kappa shape index (κ2) is 5.82. The van der Waals surface area contributed by atoms with Crippen LogP contribution in [-0.4, -0.2) is 20.6 Å². The summed E-state index contributed by atoms with van der Waals surface area (Å²) in [6.45, 7) is 0. The van der Waals surface area contributed by atoms with E-state index in [9.17, 15) is 20.2 Å². The molecule has 9 heteroatoms. The number of hydrogen-bond donors (Lipinski definition) is 1. The van der Waals surface area contributed by atoms with Crippen LogP contribution in [0.15, 0.2) is 41.8 Å². The zero-order valence-corrected chi connectivity index (χ0v) is 11.0. The molecule has 21 heavy (non-hydrogen) atoms. The number of aromatic nitrogens is 1. The fraction of sp³-hybridized carbons (Fsp3) is 0.0833. The number of hydrazone groups is 1. The van der Waals surface area contributed by atoms with Crippen molar-refractivity contribution in [1.29, 1.82) is 0 Å². The minimum Gasteiger partial charge on any atom is -0.357 e. The second-order valence-corrected chi connectivity index (χ2v) is 4.20. The number of non-ortho nitro benzene ring substituents is 1. The fourth-order valence-electron chi connectivity index (χ4n) is 1.66. The van der Waals surface area contributed by atoms with Gasteiger partial charge in [-0.1, -0.05) is 0 Å². The third-order valence-electron chi connectivity index (χ3n) is 2.64. The van der Waals surface area contributed by atoms with E-state index in [1.54, 1.807) is 0 Å². The Hall–Kier alpha value is -3.23. The van der Waals surface area contributed by atoms with Gasteiger partial charge in [0.15, 0.2) is 0 Å². The number of rotatable bonds is 5. The van der Waals surface area contributed by atoms with Crippen molar-refractivity contribution in [3.05, 3.63) is 62.5 Å². The molecule has 0 bridgehead atoms. The van der Waals surface area contributed by atoms with E-state index in [4.69, 9.17) is 0 Å². The van der Waals surface area contributed by atoms with Gasteiger partial charge in [0.05, 0.1) is 22.1 Å². The van der Waals surface area contributed by atoms with Crippen LogP contribution in [0.5, 0.6) is 0 Å². The lowest BCUT2D eigenvalue weighted by Crippen LogP contribution is -1.98. The summed E-state index contributed by atoms with van der Waals surface area (Å²) in [5.74, 6) is 0. The van der Waals surface area contributed by atoms with E-state index in [1.165, 1.54) is 18.3 Å². The van der Waals surface area contributed by atoms with Crippen LogP contribution in [0.2, 0.25) is 0 Å². The van der Waals surface area contributed by atoms with Gasteiger partial charge in [-0.2, -0.15) is 5.10 Å². The highest BCUT2D eigenvalue weighted by molar-refractivity contribution is 5.80. The van der Waals surface area contributed by atoms with E-state index in [1.807, 2.05) is 30.1 Å². The van der Waals surface area contributed by atoms with Gasteiger partial charge < -0.3 is 4.57 Å². The lowest BCUT2D eigenvalue weighted by Gasteiger charge is -2.01. The maximum atomic E-state index is 10.9. The van der Waals surface area contributed by atoms with Crippen molar-refractivity contribution in [2.75, 3.05) is 5.43 Å². The molecule has 0 unspecified atom stereocenters. The molecule has 0 aliphatic rings. The summed E-state index contributed by atoms with van der Waals surface area (Å²) in [5, 5.41) is 25.4. The normalized spacial score (nSPS) is 10.7. The quantitative estimate of drug-likeness (QED) is 0.515. The van der Waals surface area contributed by atoms with Crippen LogP contribution in [0, 0.1) is 20.2 Å². The highest BCUT2D eigenvalue weighted by atomic mass is 16.6. The molecule has 0 amide bonds. The molecule has 0 radical (unpaired) electrons. The molecule has 1 aromatic heterocycles. The molecule has 0 atom stereocenters. The molecule has 0 fully saturated rings. The van der Waals surface area contributed by atoms with Crippen molar-refractivity contribution < 1.29 is 9.85 Å². The van der Waals surface area contributed by atoms with E-state index >= 15 is 0 Å². The molecule has 0 spiro atoms. The number of nitro groups is 2. The van der Waals surface area contributed by atoms with E-state index in [2.05, 4.69) is 10.5 Å². The molecule has 108 valence electrons. The molecule has 1 N–H and O–H groups in total. The molecule has 0 aliphatic carbocycles. The second-order valence-electron chi connectivity index (χ2n) is 4.20. The first-order valence-corrected chi connectivity index (χ1v) is 5.81. The molecular weight excluding hydrogens is 278 g/mol. The largest absolute Gasteiger partial charge is 0.357 e. The lowest BCUT2D eigenvalue weighted by atomic mass is 10.2. The number of anilines is 1. The molecule has 1 heterocycles. The number of hydrogen-bond acceptors (Lipinski definition) is 6. The van der Waals surface area contributed by atoms with E-state index in [0.29, 0.717) is 0 Å². The van der Waals surface area contributed by atoms with Gasteiger partial charge in [-0.15, -0.1) is 0 Å². The van der Waals surface area contributed by atoms with Crippen LogP contribution in [0.1, 0.15) is 5.56 Å². The maximum absolute atomic E-state index is 10.9. The molecule has 0 aliphatic heterocycles. The molecular formula is C12H11N5O4. The van der Waals surface area contributed by atoms with Crippen molar-refractivity contribution in [3.63, 3.8) is 0 Å². The summed E-state index contributed by atoms with van der Waals surface area (Å²) in [7, 11) is 1.85. The summed E-state index contributed by atoms with van der Waals surface area (Å²) in [5.41, 5.74) is 2.65. The number of aryl methyl sites for hydroxylation is 1. The predicted octanol–water partition coefficient (Wildman–Crippen LogP) is 2.29. The van der Waals surface area contributed by atoms with Crippen LogP contribution in [0.3, 0.4) is 0 Å². The number of nitro benzene ring substituents is 2. The Labute approximate surface area is 118 Å². The summed E-state index contributed by atoms with van der Waals surface area (Å²) in [6, 6.07) is 5.13. The standard InChI is InChI=1S/C12H11N5O4/c1-15-5-4-9(8-15)7-13-14-11-3-2-10(16(18)19)6-12(11)17(20)21/h2-8,14H,1H3/b13-7-. The smallest absolute Gasteiger partial charge is 0.301 e. The Kier molecular flexibility index (Phi) is 3.93. The predicted molar refractivity (Wildman–Crippen MR) is 76.4 cm³/mol. The zero-order chi connectivity index (χ0) is 15.4. The Morgan fingerprint density at radius 3 is 2.57 bits per heavy atom. The van der Waals surface area contributed by atoms with Gasteiger partial charge in [-0.3, -0.25) is 25.7 Å². The van der Waals surface area contributed by atoms with Crippen molar-refractivity contribution in [2.45, 2.75) is 0 Å². The maximum Gasteiger partial charge on any atom is 0.301 e. The summed E-state index contributed by atoms with van der Waals surface area (Å²) < 4.78 is 1.83. The van der Waals surface area contributed by atoms with E-state index < -0.39 is 15.5 Å². The third kappa shape index (κ3) is 3.41. The lowest BCUT2D eigenvalue weighted by molar-refractivity contribution is -0.393. The number of benzene rings is 1. The van der Waals surface area contributed by atoms with Gasteiger partial charge in [0.2, 0.25) is 0 Å². The minimum absolute atomic E-state index is 0.0813. The minimum atomic E-state index is -0.701. The van der Waals surface area contributed by atoms with E-state index in [-0.39, 0.29) is 11.4 Å². The van der Waals surface area contributed by atoms with Gasteiger partial charge in [-0.05, 0) is 12.1 Å². The zero-order valence-electron chi connectivity index (χ0n) is 11.0. The molecule has 9 nitrogen and oxygen atoms in total. The highest BCUT2D eigenvalue weighted by Crippen LogP contribution is 2.28. The van der Waals surface area contributed by atoms with Crippen LogP contribution >= 0.6 is 0 Å². The van der Waals surface area contributed by atoms with Crippen LogP contribution in [0.4, 0.5) is 17.1 Å². The van der Waals surface area contributed by atoms with Gasteiger partial charge >= 0.3 is 5.69 Å². The fourth-order valence-corrected chi connectivity index (χ4v) is 1.66. The number of nitrogens with one attached hydrogen (secondary N) is 1. The molecule has 0 saturated carbocycles. The molecule has 2 rings (SSSR count). The first kappa shape index (κ1) is 14.2. The number of nitrogens with zero attached hydrogens (tertiary/aromatic N) is 4. The van der Waals surface area contributed by atoms with Gasteiger partial charge in [0.25, 0.3) is 5.69 Å². The van der Waals surface area contributed by atoms with Crippen molar-refractivity contribution in [2.24, 2.45) is 12.1 Å². The van der Waals surface area contributed by atoms with Crippen LogP contribution in [0.25, 0.3) is 0 Å². The Morgan fingerprint density at radius 2 is 2.00 bits per heavy atom. The summed E-state index contributed by atoms with van der Waals surface area (Å²) >= 11 is 0. The Bertz CT molecular complexity index is 722. The molecule has 1 aromatic carbocycles. The summed E-state index contributed by atoms with van der Waals surface area (Å²) in [4.78, 5) is 20.1. The summed E-state index contributed by atoms with van der Waals surface area (Å²) in [6.07, 6.45) is 5.14. The highest BCUT2D eigenvalue weighted by Gasteiger charge is 2.18. The van der Waals surface area contributed by atoms with Crippen molar-refractivity contribution in [3.8, 4) is 0 Å². The average Bonchev–Trinajstić information content (AvgIpc) is 2.84. The first-order chi connectivity index (χ1) is 9.97. The van der Waals surface area contributed by atoms with Crippen LogP contribution in [-0.2, 0) is 7.05 Å².